The Bertz CT molecular complexity index is 391. The second-order valence-corrected chi connectivity index (χ2v) is 3.70. The molecule has 88 valence electrons. The first-order chi connectivity index (χ1) is 7.16. The van der Waals surface area contributed by atoms with Crippen LogP contribution in [-0.4, -0.2) is 17.1 Å². The number of benzene rings is 1. The van der Waals surface area contributed by atoms with Crippen molar-refractivity contribution in [3.05, 3.63) is 35.4 Å². The number of hydrogen-bond acceptors (Lipinski definition) is 2. The minimum absolute atomic E-state index is 0.238. The molecule has 0 heterocycles. The fourth-order valence-electron chi connectivity index (χ4n) is 1.19. The number of carbonyl (C=O) groups is 1. The fourth-order valence-corrected chi connectivity index (χ4v) is 1.19. The first-order valence-electron chi connectivity index (χ1n) is 4.57. The summed E-state index contributed by atoms with van der Waals surface area (Å²) in [4.78, 5) is 10.9. The van der Waals surface area contributed by atoms with Gasteiger partial charge in [0.2, 0.25) is 0 Å². The van der Waals surface area contributed by atoms with Gasteiger partial charge < -0.3 is 5.11 Å². The predicted octanol–water partition coefficient (Wildman–Crippen LogP) is 2.66. The molecule has 0 radical (unpaired) electrons. The molecule has 0 bridgehead atoms. The van der Waals surface area contributed by atoms with Crippen molar-refractivity contribution < 1.29 is 23.1 Å². The third kappa shape index (κ3) is 2.24. The van der Waals surface area contributed by atoms with Crippen LogP contribution in [0.25, 0.3) is 0 Å². The van der Waals surface area contributed by atoms with Crippen LogP contribution in [0.2, 0.25) is 0 Å². The molecule has 0 amide bonds. The highest BCUT2D eigenvalue weighted by Gasteiger charge is 2.51. The molecule has 1 unspecified atom stereocenters. The van der Waals surface area contributed by atoms with Crippen LogP contribution in [0.5, 0.6) is 0 Å². The van der Waals surface area contributed by atoms with Crippen LogP contribution in [0.4, 0.5) is 13.2 Å². The van der Waals surface area contributed by atoms with Crippen LogP contribution >= 0.6 is 0 Å². The van der Waals surface area contributed by atoms with E-state index >= 15 is 0 Å². The second kappa shape index (κ2) is 3.90. The molecule has 1 aromatic rings. The SMILES string of the molecule is CC(=O)c1ccc(C(C)(O)C(F)(F)F)cc1. The summed E-state index contributed by atoms with van der Waals surface area (Å²) in [6, 6.07) is 4.73. The van der Waals surface area contributed by atoms with E-state index in [-0.39, 0.29) is 11.3 Å². The number of Topliss-reactive ketones (excluding diaryl/α,β-unsaturated/α-hetero) is 1. The lowest BCUT2D eigenvalue weighted by Gasteiger charge is -2.26. The van der Waals surface area contributed by atoms with E-state index in [1.807, 2.05) is 0 Å². The van der Waals surface area contributed by atoms with Crippen LogP contribution in [0.15, 0.2) is 24.3 Å². The molecule has 0 aliphatic carbocycles. The summed E-state index contributed by atoms with van der Waals surface area (Å²) >= 11 is 0. The summed E-state index contributed by atoms with van der Waals surface area (Å²) in [5, 5.41) is 9.34. The smallest absolute Gasteiger partial charge is 0.376 e. The van der Waals surface area contributed by atoms with Crippen molar-refractivity contribution in [2.24, 2.45) is 0 Å². The van der Waals surface area contributed by atoms with Gasteiger partial charge in [-0.3, -0.25) is 4.79 Å². The Morgan fingerprint density at radius 1 is 1.19 bits per heavy atom. The highest BCUT2D eigenvalue weighted by atomic mass is 19.4. The van der Waals surface area contributed by atoms with Gasteiger partial charge in [0.1, 0.15) is 0 Å². The molecule has 0 saturated carbocycles. The zero-order valence-electron chi connectivity index (χ0n) is 8.80. The van der Waals surface area contributed by atoms with Crippen LogP contribution in [0.3, 0.4) is 0 Å². The first kappa shape index (κ1) is 12.7. The van der Waals surface area contributed by atoms with Gasteiger partial charge in [-0.25, -0.2) is 0 Å². The average Bonchev–Trinajstić information content (AvgIpc) is 2.16. The minimum atomic E-state index is -4.75. The molecule has 0 saturated heterocycles. The van der Waals surface area contributed by atoms with E-state index in [2.05, 4.69) is 0 Å². The number of ketones is 1. The van der Waals surface area contributed by atoms with Gasteiger partial charge in [0.15, 0.2) is 11.4 Å². The van der Waals surface area contributed by atoms with Crippen molar-refractivity contribution in [2.45, 2.75) is 25.6 Å². The minimum Gasteiger partial charge on any atom is -0.376 e. The van der Waals surface area contributed by atoms with Crippen LogP contribution in [0.1, 0.15) is 29.8 Å². The Labute approximate surface area is 90.7 Å². The topological polar surface area (TPSA) is 37.3 Å². The Balaban J connectivity index is 3.11. The quantitative estimate of drug-likeness (QED) is 0.796. The zero-order valence-corrected chi connectivity index (χ0v) is 8.80. The molecule has 0 aromatic heterocycles. The summed E-state index contributed by atoms with van der Waals surface area (Å²) < 4.78 is 37.4. The lowest BCUT2D eigenvalue weighted by Crippen LogP contribution is -2.39. The summed E-state index contributed by atoms with van der Waals surface area (Å²) in [5.74, 6) is -0.238. The van der Waals surface area contributed by atoms with E-state index in [0.717, 1.165) is 12.1 Å². The molecule has 0 spiro atoms. The van der Waals surface area contributed by atoms with Crippen molar-refractivity contribution in [2.75, 3.05) is 0 Å². The number of rotatable bonds is 2. The number of aliphatic hydroxyl groups is 1. The number of carbonyl (C=O) groups excluding carboxylic acids is 1. The molecule has 1 rings (SSSR count). The molecule has 0 aliphatic heterocycles. The van der Waals surface area contributed by atoms with Crippen molar-refractivity contribution in [1.29, 1.82) is 0 Å². The highest BCUT2D eigenvalue weighted by Crippen LogP contribution is 2.38. The van der Waals surface area contributed by atoms with Crippen molar-refractivity contribution >= 4 is 5.78 Å². The molecule has 2 nitrogen and oxygen atoms in total. The van der Waals surface area contributed by atoms with Crippen LogP contribution in [-0.2, 0) is 5.60 Å². The van der Waals surface area contributed by atoms with Gasteiger partial charge in [-0.15, -0.1) is 0 Å². The molecule has 16 heavy (non-hydrogen) atoms. The second-order valence-electron chi connectivity index (χ2n) is 3.70. The maximum Gasteiger partial charge on any atom is 0.421 e. The van der Waals surface area contributed by atoms with Gasteiger partial charge in [-0.1, -0.05) is 24.3 Å². The maximum atomic E-state index is 12.5. The maximum absolute atomic E-state index is 12.5. The predicted molar refractivity (Wildman–Crippen MR) is 52.1 cm³/mol. The van der Waals surface area contributed by atoms with E-state index in [4.69, 9.17) is 0 Å². The van der Waals surface area contributed by atoms with Crippen LogP contribution < -0.4 is 0 Å². The monoisotopic (exact) mass is 232 g/mol. The molecule has 5 heteroatoms. The fraction of sp³-hybridized carbons (Fsp3) is 0.364. The van der Waals surface area contributed by atoms with E-state index in [9.17, 15) is 23.1 Å². The summed E-state index contributed by atoms with van der Waals surface area (Å²) in [5.41, 5.74) is -2.88. The molecule has 1 aromatic carbocycles. The number of halogens is 3. The highest BCUT2D eigenvalue weighted by molar-refractivity contribution is 5.94. The number of hydrogen-bond donors (Lipinski definition) is 1. The molecular weight excluding hydrogens is 221 g/mol. The number of alkyl halides is 3. The largest absolute Gasteiger partial charge is 0.421 e. The normalized spacial score (nSPS) is 15.6. The standard InChI is InChI=1S/C11H11F3O2/c1-7(15)8-3-5-9(6-4-8)10(2,16)11(12,13)14/h3-6,16H,1-2H3. The summed E-state index contributed by atoms with van der Waals surface area (Å²) in [6.07, 6.45) is -4.75. The van der Waals surface area contributed by atoms with E-state index < -0.39 is 11.8 Å². The van der Waals surface area contributed by atoms with Gasteiger partial charge >= 0.3 is 6.18 Å². The van der Waals surface area contributed by atoms with E-state index in [1.165, 1.54) is 19.1 Å². The molecule has 1 atom stereocenters. The molecule has 0 fully saturated rings. The molecule has 1 N–H and O–H groups in total. The lowest BCUT2D eigenvalue weighted by molar-refractivity contribution is -0.258. The zero-order chi connectivity index (χ0) is 12.6. The Kier molecular flexibility index (Phi) is 3.10. The van der Waals surface area contributed by atoms with Crippen molar-refractivity contribution in [1.82, 2.24) is 0 Å². The third-order valence-corrected chi connectivity index (χ3v) is 2.41. The van der Waals surface area contributed by atoms with Gasteiger partial charge in [-0.05, 0) is 19.4 Å². The van der Waals surface area contributed by atoms with Gasteiger partial charge in [0.05, 0.1) is 0 Å². The van der Waals surface area contributed by atoms with E-state index in [0.29, 0.717) is 12.5 Å². The first-order valence-corrected chi connectivity index (χ1v) is 4.57. The van der Waals surface area contributed by atoms with Gasteiger partial charge in [0.25, 0.3) is 0 Å². The lowest BCUT2D eigenvalue weighted by atomic mass is 9.94. The van der Waals surface area contributed by atoms with E-state index in [1.54, 1.807) is 0 Å². The third-order valence-electron chi connectivity index (χ3n) is 2.41. The average molecular weight is 232 g/mol. The Hall–Kier alpha value is -1.36. The molecule has 0 aliphatic rings. The van der Waals surface area contributed by atoms with Crippen molar-refractivity contribution in [3.63, 3.8) is 0 Å². The Morgan fingerprint density at radius 2 is 1.62 bits per heavy atom. The summed E-state index contributed by atoms with van der Waals surface area (Å²) in [7, 11) is 0. The van der Waals surface area contributed by atoms with Crippen LogP contribution in [0, 0.1) is 0 Å². The van der Waals surface area contributed by atoms with Crippen molar-refractivity contribution in [3.8, 4) is 0 Å². The molecular formula is C11H11F3O2. The van der Waals surface area contributed by atoms with Gasteiger partial charge in [0, 0.05) is 5.56 Å². The Morgan fingerprint density at radius 3 is 1.94 bits per heavy atom. The summed E-state index contributed by atoms with van der Waals surface area (Å²) in [6.45, 7) is 1.99. The van der Waals surface area contributed by atoms with Gasteiger partial charge in [-0.2, -0.15) is 13.2 Å².